The van der Waals surface area contributed by atoms with Crippen LogP contribution < -0.4 is 5.32 Å². The van der Waals surface area contributed by atoms with Crippen molar-refractivity contribution in [3.05, 3.63) is 60.4 Å². The Morgan fingerprint density at radius 2 is 1.97 bits per heavy atom. The van der Waals surface area contributed by atoms with Crippen molar-refractivity contribution >= 4 is 11.5 Å². The molecule has 5 heterocycles. The van der Waals surface area contributed by atoms with E-state index >= 15 is 0 Å². The molecule has 1 saturated heterocycles. The topological polar surface area (TPSA) is 102 Å². The first kappa shape index (κ1) is 21.2. The van der Waals surface area contributed by atoms with Gasteiger partial charge < -0.3 is 15.2 Å². The summed E-state index contributed by atoms with van der Waals surface area (Å²) in [7, 11) is 0. The summed E-state index contributed by atoms with van der Waals surface area (Å²) < 4.78 is 9.35. The third kappa shape index (κ3) is 3.95. The van der Waals surface area contributed by atoms with Crippen molar-refractivity contribution in [2.24, 2.45) is 0 Å². The van der Waals surface area contributed by atoms with E-state index < -0.39 is 0 Å². The normalized spacial score (nSPS) is 21.9. The lowest BCUT2D eigenvalue weighted by molar-refractivity contribution is -0.0286. The van der Waals surface area contributed by atoms with Gasteiger partial charge in [-0.05, 0) is 50.8 Å². The van der Waals surface area contributed by atoms with Gasteiger partial charge in [0.2, 0.25) is 5.95 Å². The van der Waals surface area contributed by atoms with Gasteiger partial charge >= 0.3 is 0 Å². The molecular weight excluding hydrogens is 430 g/mol. The van der Waals surface area contributed by atoms with Crippen LogP contribution >= 0.6 is 0 Å². The number of aromatic nitrogens is 6. The lowest BCUT2D eigenvalue weighted by atomic mass is 9.85. The van der Waals surface area contributed by atoms with Crippen LogP contribution in [0.4, 0.5) is 5.95 Å². The summed E-state index contributed by atoms with van der Waals surface area (Å²) in [6, 6.07) is 8.40. The van der Waals surface area contributed by atoms with E-state index in [1.807, 2.05) is 39.8 Å². The minimum Gasteiger partial charge on any atom is -0.393 e. The monoisotopic (exact) mass is 459 g/mol. The predicted octanol–water partition coefficient (Wildman–Crippen LogP) is 3.75. The molecule has 2 fully saturated rings. The molecule has 0 amide bonds. The van der Waals surface area contributed by atoms with Crippen LogP contribution in [0, 0.1) is 0 Å². The molecule has 6 rings (SSSR count). The highest BCUT2D eigenvalue weighted by molar-refractivity contribution is 5.81. The van der Waals surface area contributed by atoms with E-state index in [4.69, 9.17) is 9.84 Å². The quantitative estimate of drug-likeness (QED) is 0.453. The standard InChI is InChI=1S/C25H29N7O2/c1-16(22-4-2-3-9-26-22)29-25-27-12-24-21(18-11-28-31(13-18)19-14-34-15-19)10-23(32(24)30-25)17-5-7-20(33)8-6-17/h2-4,9-13,16-17,19-20,33H,5-8,14-15H2,1H3,(H,29,30)/t16-,17-,20-/m0/s1. The molecule has 0 aromatic carbocycles. The van der Waals surface area contributed by atoms with Crippen molar-refractivity contribution in [2.75, 3.05) is 18.5 Å². The fourth-order valence-electron chi connectivity index (χ4n) is 4.93. The van der Waals surface area contributed by atoms with Gasteiger partial charge in [0.05, 0.1) is 55.0 Å². The summed E-state index contributed by atoms with van der Waals surface area (Å²) >= 11 is 0. The van der Waals surface area contributed by atoms with E-state index in [0.717, 1.165) is 53.7 Å². The number of fused-ring (bicyclic) bond motifs is 1. The molecule has 4 aromatic heterocycles. The highest BCUT2D eigenvalue weighted by Crippen LogP contribution is 2.38. The second-order valence-corrected chi connectivity index (χ2v) is 9.39. The third-order valence-corrected chi connectivity index (χ3v) is 7.04. The molecule has 1 saturated carbocycles. The largest absolute Gasteiger partial charge is 0.393 e. The maximum absolute atomic E-state index is 10.0. The Morgan fingerprint density at radius 3 is 2.71 bits per heavy atom. The van der Waals surface area contributed by atoms with Crippen molar-refractivity contribution in [1.82, 2.24) is 29.4 Å². The highest BCUT2D eigenvalue weighted by atomic mass is 16.5. The van der Waals surface area contributed by atoms with Gasteiger partial charge in [0.1, 0.15) is 0 Å². The fraction of sp³-hybridized carbons (Fsp3) is 0.440. The van der Waals surface area contributed by atoms with Gasteiger partial charge in [-0.3, -0.25) is 9.67 Å². The maximum atomic E-state index is 10.0. The Kier molecular flexibility index (Phi) is 5.50. The van der Waals surface area contributed by atoms with E-state index in [9.17, 15) is 5.11 Å². The summed E-state index contributed by atoms with van der Waals surface area (Å²) in [6.07, 6.45) is 11.0. The van der Waals surface area contributed by atoms with Gasteiger partial charge in [-0.1, -0.05) is 6.07 Å². The van der Waals surface area contributed by atoms with Crippen molar-refractivity contribution in [3.8, 4) is 11.1 Å². The molecule has 176 valence electrons. The number of aliphatic hydroxyl groups excluding tert-OH is 1. The lowest BCUT2D eigenvalue weighted by Gasteiger charge is -2.25. The molecule has 1 aliphatic heterocycles. The Balaban J connectivity index is 1.37. The van der Waals surface area contributed by atoms with Crippen LogP contribution in [0.25, 0.3) is 16.6 Å². The number of nitrogens with one attached hydrogen (secondary N) is 1. The van der Waals surface area contributed by atoms with Crippen LogP contribution in [-0.4, -0.2) is 53.8 Å². The lowest BCUT2D eigenvalue weighted by Crippen LogP contribution is -2.30. The van der Waals surface area contributed by atoms with Crippen LogP contribution in [0.1, 0.15) is 62.0 Å². The molecule has 1 atom stereocenters. The average Bonchev–Trinajstić information content (AvgIpc) is 3.44. The van der Waals surface area contributed by atoms with Crippen molar-refractivity contribution in [2.45, 2.75) is 56.7 Å². The van der Waals surface area contributed by atoms with E-state index in [0.29, 0.717) is 31.1 Å². The first-order valence-corrected chi connectivity index (χ1v) is 12.0. The molecule has 0 unspecified atom stereocenters. The number of pyridine rings is 1. The minimum absolute atomic E-state index is 0.0233. The number of hydrogen-bond acceptors (Lipinski definition) is 7. The molecule has 0 radical (unpaired) electrons. The van der Waals surface area contributed by atoms with Gasteiger partial charge in [-0.2, -0.15) is 5.10 Å². The molecule has 0 bridgehead atoms. The smallest absolute Gasteiger partial charge is 0.241 e. The van der Waals surface area contributed by atoms with Crippen LogP contribution in [0.15, 0.2) is 49.1 Å². The number of hydrogen-bond donors (Lipinski definition) is 2. The summed E-state index contributed by atoms with van der Waals surface area (Å²) in [4.78, 5) is 9.08. The van der Waals surface area contributed by atoms with Gasteiger partial charge in [-0.15, -0.1) is 5.10 Å². The van der Waals surface area contributed by atoms with Crippen molar-refractivity contribution in [3.63, 3.8) is 0 Å². The fourth-order valence-corrected chi connectivity index (χ4v) is 4.93. The zero-order valence-corrected chi connectivity index (χ0v) is 19.2. The molecule has 2 aliphatic rings. The number of anilines is 1. The Bertz CT molecular complexity index is 1270. The third-order valence-electron chi connectivity index (χ3n) is 7.04. The number of nitrogens with zero attached hydrogens (tertiary/aromatic N) is 6. The molecule has 9 nitrogen and oxygen atoms in total. The first-order chi connectivity index (χ1) is 16.7. The average molecular weight is 460 g/mol. The summed E-state index contributed by atoms with van der Waals surface area (Å²) in [5.74, 6) is 0.905. The zero-order valence-electron chi connectivity index (χ0n) is 19.2. The van der Waals surface area contributed by atoms with Crippen LogP contribution in [0.2, 0.25) is 0 Å². The summed E-state index contributed by atoms with van der Waals surface area (Å²) in [5, 5.41) is 22.9. The Morgan fingerprint density at radius 1 is 1.12 bits per heavy atom. The Labute approximate surface area is 197 Å². The van der Waals surface area contributed by atoms with E-state index in [1.165, 1.54) is 0 Å². The Hall–Kier alpha value is -3.30. The zero-order chi connectivity index (χ0) is 23.1. The molecule has 1 aliphatic carbocycles. The SMILES string of the molecule is C[C@H](Nc1ncc2c(-c3cnn(C4COC4)c3)cc([C@H]3CC[C@H](O)CC3)n2n1)c1ccccn1. The van der Waals surface area contributed by atoms with E-state index in [1.54, 1.807) is 6.20 Å². The summed E-state index contributed by atoms with van der Waals surface area (Å²) in [6.45, 7) is 3.47. The van der Waals surface area contributed by atoms with E-state index in [2.05, 4.69) is 39.6 Å². The van der Waals surface area contributed by atoms with E-state index in [-0.39, 0.29) is 12.1 Å². The molecular formula is C25H29N7O2. The number of ether oxygens (including phenoxy) is 1. The number of rotatable bonds is 6. The molecule has 4 aromatic rings. The van der Waals surface area contributed by atoms with Crippen molar-refractivity contribution < 1.29 is 9.84 Å². The number of aliphatic hydroxyl groups is 1. The van der Waals surface area contributed by atoms with Gasteiger partial charge in [0.15, 0.2) is 0 Å². The minimum atomic E-state index is -0.198. The van der Waals surface area contributed by atoms with Crippen LogP contribution in [-0.2, 0) is 4.74 Å². The first-order valence-electron chi connectivity index (χ1n) is 12.0. The van der Waals surface area contributed by atoms with Gasteiger partial charge in [0, 0.05) is 35.1 Å². The summed E-state index contributed by atoms with van der Waals surface area (Å²) in [5.41, 5.74) is 5.19. The molecule has 34 heavy (non-hydrogen) atoms. The second kappa shape index (κ2) is 8.81. The van der Waals surface area contributed by atoms with Crippen molar-refractivity contribution in [1.29, 1.82) is 0 Å². The van der Waals surface area contributed by atoms with Crippen LogP contribution in [0.3, 0.4) is 0 Å². The van der Waals surface area contributed by atoms with Gasteiger partial charge in [0.25, 0.3) is 0 Å². The van der Waals surface area contributed by atoms with Gasteiger partial charge in [-0.25, -0.2) is 9.50 Å². The molecule has 2 N–H and O–H groups in total. The second-order valence-electron chi connectivity index (χ2n) is 9.39. The molecule has 0 spiro atoms. The molecule has 9 heteroatoms. The predicted molar refractivity (Wildman–Crippen MR) is 128 cm³/mol. The van der Waals surface area contributed by atoms with Crippen LogP contribution in [0.5, 0.6) is 0 Å². The highest BCUT2D eigenvalue weighted by Gasteiger charge is 2.27. The maximum Gasteiger partial charge on any atom is 0.241 e.